The van der Waals surface area contributed by atoms with E-state index >= 15 is 0 Å². The van der Waals surface area contributed by atoms with Gasteiger partial charge in [-0.2, -0.15) is 11.8 Å². The lowest BCUT2D eigenvalue weighted by Gasteiger charge is -2.15. The zero-order chi connectivity index (χ0) is 13.7. The van der Waals surface area contributed by atoms with E-state index in [1.54, 1.807) is 0 Å². The van der Waals surface area contributed by atoms with Crippen molar-refractivity contribution in [3.8, 4) is 0 Å². The van der Waals surface area contributed by atoms with E-state index in [1.807, 2.05) is 24.9 Å². The van der Waals surface area contributed by atoms with Gasteiger partial charge in [-0.3, -0.25) is 0 Å². The first-order chi connectivity index (χ1) is 9.26. The molecule has 19 heavy (non-hydrogen) atoms. The van der Waals surface area contributed by atoms with Gasteiger partial charge in [0.05, 0.1) is 11.0 Å². The van der Waals surface area contributed by atoms with Crippen LogP contribution in [0.4, 0.5) is 0 Å². The summed E-state index contributed by atoms with van der Waals surface area (Å²) in [6.45, 7) is 2.23. The second kappa shape index (κ2) is 6.96. The van der Waals surface area contributed by atoms with E-state index in [4.69, 9.17) is 4.98 Å². The molecule has 0 radical (unpaired) electrons. The molecule has 0 aliphatic rings. The molecule has 2 rings (SSSR count). The Balaban J connectivity index is 2.08. The van der Waals surface area contributed by atoms with Crippen LogP contribution in [0, 0.1) is 0 Å². The normalized spacial score (nSPS) is 13.0. The highest BCUT2D eigenvalue weighted by Gasteiger charge is 2.13. The minimum absolute atomic E-state index is 0.493. The predicted octanol–water partition coefficient (Wildman–Crippen LogP) is 2.85. The number of nitrogens with one attached hydrogen (secondary N) is 1. The number of aromatic nitrogens is 2. The summed E-state index contributed by atoms with van der Waals surface area (Å²) >= 11 is 2.02. The molecule has 0 amide bonds. The van der Waals surface area contributed by atoms with Crippen LogP contribution in [0.3, 0.4) is 0 Å². The molecule has 0 saturated carbocycles. The minimum atomic E-state index is 0.493. The molecule has 3 nitrogen and oxygen atoms in total. The van der Waals surface area contributed by atoms with Gasteiger partial charge in [-0.1, -0.05) is 19.1 Å². The first kappa shape index (κ1) is 14.4. The number of thioether (sulfide) groups is 1. The van der Waals surface area contributed by atoms with Crippen LogP contribution in [0.2, 0.25) is 0 Å². The van der Waals surface area contributed by atoms with Gasteiger partial charge in [0.1, 0.15) is 5.82 Å². The summed E-state index contributed by atoms with van der Waals surface area (Å²) in [4.78, 5) is 4.74. The largest absolute Gasteiger partial charge is 0.331 e. The Hall–Kier alpha value is -1.00. The lowest BCUT2D eigenvalue weighted by molar-refractivity contribution is 0.588. The first-order valence-corrected chi connectivity index (χ1v) is 8.07. The molecule has 0 spiro atoms. The molecule has 1 heterocycles. The van der Waals surface area contributed by atoms with Gasteiger partial charge >= 0.3 is 0 Å². The molecule has 2 aromatic rings. The number of hydrogen-bond donors (Lipinski definition) is 1. The summed E-state index contributed by atoms with van der Waals surface area (Å²) in [6, 6.07) is 8.82. The Bertz CT molecular complexity index is 521. The molecular formula is C15H23N3S. The van der Waals surface area contributed by atoms with Gasteiger partial charge in [0.2, 0.25) is 0 Å². The average Bonchev–Trinajstić information content (AvgIpc) is 2.75. The van der Waals surface area contributed by atoms with Crippen molar-refractivity contribution < 1.29 is 0 Å². The smallest absolute Gasteiger partial charge is 0.111 e. The van der Waals surface area contributed by atoms with Crippen LogP contribution in [0.15, 0.2) is 24.3 Å². The maximum Gasteiger partial charge on any atom is 0.111 e. The monoisotopic (exact) mass is 277 g/mol. The van der Waals surface area contributed by atoms with Gasteiger partial charge < -0.3 is 9.88 Å². The minimum Gasteiger partial charge on any atom is -0.331 e. The molecule has 0 bridgehead atoms. The highest BCUT2D eigenvalue weighted by atomic mass is 32.2. The highest BCUT2D eigenvalue weighted by molar-refractivity contribution is 7.99. The summed E-state index contributed by atoms with van der Waals surface area (Å²) in [7, 11) is 4.15. The Labute approximate surface area is 119 Å². The molecule has 0 aliphatic heterocycles. The summed E-state index contributed by atoms with van der Waals surface area (Å²) in [5.74, 6) is 3.55. The van der Waals surface area contributed by atoms with Crippen molar-refractivity contribution in [2.45, 2.75) is 25.8 Å². The van der Waals surface area contributed by atoms with Gasteiger partial charge in [-0.05, 0) is 31.4 Å². The van der Waals surface area contributed by atoms with Crippen LogP contribution in [-0.2, 0) is 13.5 Å². The summed E-state index contributed by atoms with van der Waals surface area (Å²) in [5.41, 5.74) is 2.31. The fraction of sp³-hybridized carbons (Fsp3) is 0.533. The number of imidazole rings is 1. The first-order valence-electron chi connectivity index (χ1n) is 6.91. The third-order valence-electron chi connectivity index (χ3n) is 3.38. The van der Waals surface area contributed by atoms with Crippen LogP contribution >= 0.6 is 11.8 Å². The quantitative estimate of drug-likeness (QED) is 0.789. The molecule has 0 aliphatic carbocycles. The van der Waals surface area contributed by atoms with Crippen molar-refractivity contribution in [3.63, 3.8) is 0 Å². The number of fused-ring (bicyclic) bond motifs is 1. The lowest BCUT2D eigenvalue weighted by atomic mass is 10.2. The van der Waals surface area contributed by atoms with E-state index in [1.165, 1.54) is 17.7 Å². The molecule has 1 unspecified atom stereocenters. The zero-order valence-electron chi connectivity index (χ0n) is 12.0. The van der Waals surface area contributed by atoms with Crippen molar-refractivity contribution in [2.24, 2.45) is 7.05 Å². The van der Waals surface area contributed by atoms with E-state index in [0.29, 0.717) is 6.04 Å². The molecule has 104 valence electrons. The molecule has 1 aromatic carbocycles. The third kappa shape index (κ3) is 3.51. The van der Waals surface area contributed by atoms with E-state index < -0.39 is 0 Å². The Morgan fingerprint density at radius 3 is 2.84 bits per heavy atom. The summed E-state index contributed by atoms with van der Waals surface area (Å²) in [5, 5.41) is 3.41. The molecule has 1 N–H and O–H groups in total. The van der Waals surface area contributed by atoms with E-state index in [9.17, 15) is 0 Å². The molecular weight excluding hydrogens is 254 g/mol. The number of likely N-dealkylation sites (N-methyl/N-ethyl adjacent to an activating group) is 1. The van der Waals surface area contributed by atoms with Crippen LogP contribution in [0.25, 0.3) is 11.0 Å². The van der Waals surface area contributed by atoms with Crippen molar-refractivity contribution in [3.05, 3.63) is 30.1 Å². The third-order valence-corrected chi connectivity index (χ3v) is 4.72. The van der Waals surface area contributed by atoms with Gasteiger partial charge in [0, 0.05) is 25.3 Å². The number of benzene rings is 1. The molecule has 0 fully saturated rings. The fourth-order valence-electron chi connectivity index (χ4n) is 2.21. The van der Waals surface area contributed by atoms with Crippen LogP contribution < -0.4 is 5.32 Å². The number of aryl methyl sites for hydroxylation is 1. The molecule has 4 heteroatoms. The Morgan fingerprint density at radius 2 is 2.16 bits per heavy atom. The molecule has 0 saturated heterocycles. The summed E-state index contributed by atoms with van der Waals surface area (Å²) in [6.07, 6.45) is 2.23. The van der Waals surface area contributed by atoms with Gasteiger partial charge in [-0.15, -0.1) is 0 Å². The zero-order valence-corrected chi connectivity index (χ0v) is 12.8. The second-order valence-electron chi connectivity index (χ2n) is 4.84. The maximum absolute atomic E-state index is 4.74. The van der Waals surface area contributed by atoms with E-state index in [2.05, 4.69) is 42.1 Å². The van der Waals surface area contributed by atoms with Gasteiger partial charge in [0.25, 0.3) is 0 Å². The van der Waals surface area contributed by atoms with Crippen molar-refractivity contribution in [1.29, 1.82) is 0 Å². The summed E-state index contributed by atoms with van der Waals surface area (Å²) < 4.78 is 2.21. The SMILES string of the molecule is CCCSCC(Cc1nc2ccccc2n1C)NC. The van der Waals surface area contributed by atoms with E-state index in [-0.39, 0.29) is 0 Å². The standard InChI is InChI=1S/C15H23N3S/c1-4-9-19-11-12(16-2)10-15-17-13-7-5-6-8-14(13)18(15)3/h5-8,12,16H,4,9-11H2,1-3H3. The lowest BCUT2D eigenvalue weighted by Crippen LogP contribution is -2.31. The fourth-order valence-corrected chi connectivity index (χ4v) is 3.24. The maximum atomic E-state index is 4.74. The molecule has 1 atom stereocenters. The van der Waals surface area contributed by atoms with Gasteiger partial charge in [0.15, 0.2) is 0 Å². The van der Waals surface area contributed by atoms with Crippen LogP contribution in [0.5, 0.6) is 0 Å². The van der Waals surface area contributed by atoms with Crippen molar-refractivity contribution in [2.75, 3.05) is 18.6 Å². The molecule has 1 aromatic heterocycles. The predicted molar refractivity (Wildman–Crippen MR) is 84.9 cm³/mol. The second-order valence-corrected chi connectivity index (χ2v) is 5.99. The van der Waals surface area contributed by atoms with Gasteiger partial charge in [-0.25, -0.2) is 4.98 Å². The Kier molecular flexibility index (Phi) is 5.28. The van der Waals surface area contributed by atoms with E-state index in [0.717, 1.165) is 23.5 Å². The average molecular weight is 277 g/mol. The van der Waals surface area contributed by atoms with Crippen LogP contribution in [0.1, 0.15) is 19.2 Å². The van der Waals surface area contributed by atoms with Crippen LogP contribution in [-0.4, -0.2) is 34.1 Å². The Morgan fingerprint density at radius 1 is 1.37 bits per heavy atom. The topological polar surface area (TPSA) is 29.9 Å². The number of rotatable bonds is 7. The number of hydrogen-bond acceptors (Lipinski definition) is 3. The van der Waals surface area contributed by atoms with Crippen molar-refractivity contribution >= 4 is 22.8 Å². The number of para-hydroxylation sites is 2. The highest BCUT2D eigenvalue weighted by Crippen LogP contribution is 2.16. The van der Waals surface area contributed by atoms with Crippen molar-refractivity contribution in [1.82, 2.24) is 14.9 Å². The number of nitrogens with zero attached hydrogens (tertiary/aromatic N) is 2.